The van der Waals surface area contributed by atoms with E-state index in [-0.39, 0.29) is 30.7 Å². The van der Waals surface area contributed by atoms with Gasteiger partial charge in [0.15, 0.2) is 0 Å². The van der Waals surface area contributed by atoms with Gasteiger partial charge in [-0.2, -0.15) is 0 Å². The number of carbonyl (C=O) groups excluding carboxylic acids is 3. The molecule has 0 aliphatic carbocycles. The standard InChI is InChI=1S/C21H22N4O5S2/c1-9-22-12-7-11(4-5-13(12)31-9)24-8-10(6-14(24)26)17(27)23-15-18(28)25-16(20(29)30)21(2,3)32-19(15)25/h4-5,7,10,15-16,19H,6,8H2,1-3H3,(H,23,27)(H,29,30)/t10?,15-,16+,19-/m1/s1. The van der Waals surface area contributed by atoms with Gasteiger partial charge < -0.3 is 20.2 Å². The Bertz CT molecular complexity index is 1180. The number of thiazole rings is 1. The maximum atomic E-state index is 12.9. The minimum Gasteiger partial charge on any atom is -0.480 e. The second kappa shape index (κ2) is 7.17. The number of carboxylic acid groups (broad SMARTS) is 1. The summed E-state index contributed by atoms with van der Waals surface area (Å²) in [6.07, 6.45) is 0.0612. The number of anilines is 1. The predicted octanol–water partition coefficient (Wildman–Crippen LogP) is 1.59. The highest BCUT2D eigenvalue weighted by molar-refractivity contribution is 8.01. The summed E-state index contributed by atoms with van der Waals surface area (Å²) in [6.45, 7) is 5.73. The monoisotopic (exact) mass is 474 g/mol. The van der Waals surface area contributed by atoms with Crippen LogP contribution in [0.2, 0.25) is 0 Å². The van der Waals surface area contributed by atoms with E-state index in [0.717, 1.165) is 15.2 Å². The lowest BCUT2D eigenvalue weighted by molar-refractivity contribution is -0.161. The summed E-state index contributed by atoms with van der Waals surface area (Å²) >= 11 is 2.96. The van der Waals surface area contributed by atoms with E-state index in [1.165, 1.54) is 16.7 Å². The van der Waals surface area contributed by atoms with Crippen molar-refractivity contribution in [1.29, 1.82) is 0 Å². The lowest BCUT2D eigenvalue weighted by atomic mass is 9.95. The van der Waals surface area contributed by atoms with Crippen molar-refractivity contribution in [3.8, 4) is 0 Å². The molecule has 11 heteroatoms. The van der Waals surface area contributed by atoms with Crippen LogP contribution < -0.4 is 10.2 Å². The molecule has 5 rings (SSSR count). The van der Waals surface area contributed by atoms with Crippen molar-refractivity contribution >= 4 is 62.7 Å². The average Bonchev–Trinajstić information content (AvgIpc) is 3.36. The molecule has 0 bridgehead atoms. The molecule has 4 heterocycles. The summed E-state index contributed by atoms with van der Waals surface area (Å²) in [5, 5.41) is 12.8. The predicted molar refractivity (Wildman–Crippen MR) is 120 cm³/mol. The molecular formula is C21H22N4O5S2. The van der Waals surface area contributed by atoms with Crippen LogP contribution in [0, 0.1) is 12.8 Å². The minimum atomic E-state index is -1.05. The highest BCUT2D eigenvalue weighted by atomic mass is 32.2. The molecule has 3 fully saturated rings. The summed E-state index contributed by atoms with van der Waals surface area (Å²) in [4.78, 5) is 57.2. The number of hydrogen-bond donors (Lipinski definition) is 2. The number of carbonyl (C=O) groups is 4. The summed E-state index contributed by atoms with van der Waals surface area (Å²) in [5.41, 5.74) is 1.52. The van der Waals surface area contributed by atoms with Crippen molar-refractivity contribution in [3.63, 3.8) is 0 Å². The molecule has 3 aliphatic heterocycles. The Hall–Kier alpha value is -2.66. The third-order valence-electron chi connectivity index (χ3n) is 6.26. The fourth-order valence-electron chi connectivity index (χ4n) is 4.75. The van der Waals surface area contributed by atoms with Crippen LogP contribution in [0.5, 0.6) is 0 Å². The van der Waals surface area contributed by atoms with E-state index < -0.39 is 34.1 Å². The summed E-state index contributed by atoms with van der Waals surface area (Å²) in [5.74, 6) is -2.53. The lowest BCUT2D eigenvalue weighted by Crippen LogP contribution is -2.71. The first-order chi connectivity index (χ1) is 15.1. The van der Waals surface area contributed by atoms with Crippen LogP contribution in [0.25, 0.3) is 10.2 Å². The van der Waals surface area contributed by atoms with Gasteiger partial charge in [0.25, 0.3) is 0 Å². The van der Waals surface area contributed by atoms with Crippen molar-refractivity contribution in [2.24, 2.45) is 5.92 Å². The van der Waals surface area contributed by atoms with Gasteiger partial charge in [0.05, 0.1) is 21.1 Å². The van der Waals surface area contributed by atoms with E-state index in [1.807, 2.05) is 25.1 Å². The normalized spacial score (nSPS) is 28.7. The van der Waals surface area contributed by atoms with Crippen molar-refractivity contribution in [2.75, 3.05) is 11.4 Å². The Morgan fingerprint density at radius 2 is 2.03 bits per heavy atom. The number of hydrogen-bond acceptors (Lipinski definition) is 7. The molecule has 1 aromatic heterocycles. The molecule has 1 aromatic carbocycles. The zero-order valence-corrected chi connectivity index (χ0v) is 19.3. The Kier molecular flexibility index (Phi) is 4.75. The Labute approximate surface area is 192 Å². The molecular weight excluding hydrogens is 452 g/mol. The molecule has 9 nitrogen and oxygen atoms in total. The number of carboxylic acids is 1. The molecule has 2 aromatic rings. The number of nitrogens with one attached hydrogen (secondary N) is 1. The maximum absolute atomic E-state index is 12.9. The van der Waals surface area contributed by atoms with E-state index in [0.29, 0.717) is 5.69 Å². The van der Waals surface area contributed by atoms with E-state index in [2.05, 4.69) is 10.3 Å². The lowest BCUT2D eigenvalue weighted by Gasteiger charge is -2.43. The molecule has 4 atom stereocenters. The largest absolute Gasteiger partial charge is 0.480 e. The number of aryl methyl sites for hydroxylation is 1. The third kappa shape index (κ3) is 3.17. The van der Waals surface area contributed by atoms with E-state index in [1.54, 1.807) is 30.1 Å². The molecule has 1 unspecified atom stereocenters. The van der Waals surface area contributed by atoms with Crippen LogP contribution in [0.4, 0.5) is 5.69 Å². The number of aliphatic carboxylic acids is 1. The molecule has 168 valence electrons. The zero-order valence-electron chi connectivity index (χ0n) is 17.7. The highest BCUT2D eigenvalue weighted by Crippen LogP contribution is 2.50. The number of nitrogens with zero attached hydrogens (tertiary/aromatic N) is 3. The van der Waals surface area contributed by atoms with Gasteiger partial charge in [-0.1, -0.05) is 0 Å². The molecule has 2 N–H and O–H groups in total. The van der Waals surface area contributed by atoms with Gasteiger partial charge in [0, 0.05) is 23.4 Å². The Morgan fingerprint density at radius 3 is 2.75 bits per heavy atom. The smallest absolute Gasteiger partial charge is 0.327 e. The SMILES string of the molecule is Cc1nc2cc(N3CC(C(=O)N[C@@H]4C(=O)N5[C@@H]4SC(C)(C)[C@@H]5C(=O)O)CC3=O)ccc2s1. The van der Waals surface area contributed by atoms with Gasteiger partial charge in [0.1, 0.15) is 17.5 Å². The molecule has 3 amide bonds. The maximum Gasteiger partial charge on any atom is 0.327 e. The van der Waals surface area contributed by atoms with Crippen LogP contribution in [-0.4, -0.2) is 67.4 Å². The van der Waals surface area contributed by atoms with Crippen LogP contribution in [-0.2, 0) is 19.2 Å². The van der Waals surface area contributed by atoms with Crippen molar-refractivity contribution in [1.82, 2.24) is 15.2 Å². The Morgan fingerprint density at radius 1 is 1.28 bits per heavy atom. The molecule has 0 radical (unpaired) electrons. The molecule has 0 spiro atoms. The number of rotatable bonds is 4. The van der Waals surface area contributed by atoms with Crippen LogP contribution in [0.15, 0.2) is 18.2 Å². The van der Waals surface area contributed by atoms with Gasteiger partial charge in [-0.05, 0) is 39.0 Å². The number of thioether (sulfide) groups is 1. The zero-order chi connectivity index (χ0) is 22.9. The van der Waals surface area contributed by atoms with Gasteiger partial charge in [-0.25, -0.2) is 9.78 Å². The summed E-state index contributed by atoms with van der Waals surface area (Å²) in [7, 11) is 0. The van der Waals surface area contributed by atoms with Crippen molar-refractivity contribution in [3.05, 3.63) is 23.2 Å². The van der Waals surface area contributed by atoms with E-state index >= 15 is 0 Å². The average molecular weight is 475 g/mol. The highest BCUT2D eigenvalue weighted by Gasteiger charge is 2.64. The molecule has 32 heavy (non-hydrogen) atoms. The van der Waals surface area contributed by atoms with Gasteiger partial charge in [0.2, 0.25) is 17.7 Å². The number of amides is 3. The second-order valence-electron chi connectivity index (χ2n) is 8.87. The Balaban J connectivity index is 1.27. The van der Waals surface area contributed by atoms with Crippen LogP contribution >= 0.6 is 23.1 Å². The number of aromatic nitrogens is 1. The van der Waals surface area contributed by atoms with Gasteiger partial charge in [-0.15, -0.1) is 23.1 Å². The fraction of sp³-hybridized carbons (Fsp3) is 0.476. The minimum absolute atomic E-state index is 0.0612. The van der Waals surface area contributed by atoms with E-state index in [4.69, 9.17) is 0 Å². The van der Waals surface area contributed by atoms with Crippen molar-refractivity contribution < 1.29 is 24.3 Å². The van der Waals surface area contributed by atoms with Crippen LogP contribution in [0.1, 0.15) is 25.3 Å². The second-order valence-corrected chi connectivity index (χ2v) is 11.9. The molecule has 3 aliphatic rings. The van der Waals surface area contributed by atoms with Crippen LogP contribution in [0.3, 0.4) is 0 Å². The first-order valence-electron chi connectivity index (χ1n) is 10.3. The molecule has 0 saturated carbocycles. The first-order valence-corrected chi connectivity index (χ1v) is 12.0. The third-order valence-corrected chi connectivity index (χ3v) is 8.78. The summed E-state index contributed by atoms with van der Waals surface area (Å²) < 4.78 is 0.384. The number of benzene rings is 1. The number of fused-ring (bicyclic) bond motifs is 2. The van der Waals surface area contributed by atoms with Gasteiger partial charge >= 0.3 is 5.97 Å². The molecule has 3 saturated heterocycles. The fourth-order valence-corrected chi connectivity index (χ4v) is 7.18. The van der Waals surface area contributed by atoms with Gasteiger partial charge in [-0.3, -0.25) is 14.4 Å². The first kappa shape index (κ1) is 21.2. The quantitative estimate of drug-likeness (QED) is 0.646. The summed E-state index contributed by atoms with van der Waals surface area (Å²) in [6, 6.07) is 3.94. The van der Waals surface area contributed by atoms with E-state index in [9.17, 15) is 24.3 Å². The van der Waals surface area contributed by atoms with Crippen molar-refractivity contribution in [2.45, 2.75) is 49.4 Å². The topological polar surface area (TPSA) is 120 Å². The number of β-lactam (4-membered cyclic amide) rings is 1.